The first-order valence-corrected chi connectivity index (χ1v) is 9.37. The zero-order valence-corrected chi connectivity index (χ0v) is 14.9. The molecule has 0 spiro atoms. The minimum Gasteiger partial charge on any atom is -0.347 e. The predicted octanol–water partition coefficient (Wildman–Crippen LogP) is 2.72. The van der Waals surface area contributed by atoms with Crippen molar-refractivity contribution in [1.82, 2.24) is 9.80 Å². The molecule has 6 heteroatoms. The average Bonchev–Trinajstić information content (AvgIpc) is 2.55. The number of carbonyl (C=O) groups is 2. The van der Waals surface area contributed by atoms with Crippen molar-refractivity contribution in [2.24, 2.45) is 0 Å². The molecular weight excluding hydrogens is 316 g/mol. The second-order valence-corrected chi connectivity index (χ2v) is 8.22. The Morgan fingerprint density at radius 2 is 1.68 bits per heavy atom. The standard InChI is InChI=1S/C16H22N2O2S2/c1-17(2)14(19)11-18(3)15(20)12-5-7-13(8-6-12)16-21-9-4-10-22-16/h5-8,16H,4,9-11H2,1-3H3. The fraction of sp³-hybridized carbons (Fsp3) is 0.500. The van der Waals surface area contributed by atoms with Gasteiger partial charge in [0.05, 0.1) is 11.1 Å². The van der Waals surface area contributed by atoms with E-state index in [0.29, 0.717) is 10.1 Å². The third-order valence-electron chi connectivity index (χ3n) is 3.47. The van der Waals surface area contributed by atoms with Crippen molar-refractivity contribution in [2.45, 2.75) is 11.0 Å². The fourth-order valence-corrected chi connectivity index (χ4v) is 4.99. The lowest BCUT2D eigenvalue weighted by Gasteiger charge is -2.22. The van der Waals surface area contributed by atoms with Crippen molar-refractivity contribution in [3.05, 3.63) is 35.4 Å². The van der Waals surface area contributed by atoms with Crippen molar-refractivity contribution in [1.29, 1.82) is 0 Å². The van der Waals surface area contributed by atoms with Crippen molar-refractivity contribution in [3.8, 4) is 0 Å². The van der Waals surface area contributed by atoms with E-state index in [4.69, 9.17) is 0 Å². The van der Waals surface area contributed by atoms with Gasteiger partial charge in [0.15, 0.2) is 0 Å². The van der Waals surface area contributed by atoms with E-state index in [1.54, 1.807) is 21.1 Å². The summed E-state index contributed by atoms with van der Waals surface area (Å²) < 4.78 is 0.478. The summed E-state index contributed by atoms with van der Waals surface area (Å²) in [5.74, 6) is 2.20. The normalized spacial score (nSPS) is 15.4. The van der Waals surface area contributed by atoms with Crippen LogP contribution >= 0.6 is 23.5 Å². The maximum Gasteiger partial charge on any atom is 0.254 e. The molecule has 0 bridgehead atoms. The van der Waals surface area contributed by atoms with Crippen LogP contribution in [0.2, 0.25) is 0 Å². The fourth-order valence-electron chi connectivity index (χ4n) is 2.10. The lowest BCUT2D eigenvalue weighted by atomic mass is 10.1. The zero-order valence-electron chi connectivity index (χ0n) is 13.2. The summed E-state index contributed by atoms with van der Waals surface area (Å²) in [6.07, 6.45) is 1.27. The Hall–Kier alpha value is -1.14. The minimum atomic E-state index is -0.120. The van der Waals surface area contributed by atoms with Crippen molar-refractivity contribution < 1.29 is 9.59 Å². The average molecular weight is 338 g/mol. The molecule has 1 aromatic carbocycles. The van der Waals surface area contributed by atoms with Crippen molar-refractivity contribution in [3.63, 3.8) is 0 Å². The molecule has 1 heterocycles. The van der Waals surface area contributed by atoms with E-state index in [2.05, 4.69) is 0 Å². The van der Waals surface area contributed by atoms with E-state index in [0.717, 1.165) is 0 Å². The number of thioether (sulfide) groups is 2. The van der Waals surface area contributed by atoms with E-state index in [1.165, 1.54) is 33.3 Å². The number of rotatable bonds is 4. The summed E-state index contributed by atoms with van der Waals surface area (Å²) in [5.41, 5.74) is 1.89. The molecule has 0 aliphatic carbocycles. The molecule has 1 aromatic rings. The highest BCUT2D eigenvalue weighted by Gasteiger charge is 2.19. The molecular formula is C16H22N2O2S2. The van der Waals surface area contributed by atoms with Gasteiger partial charge in [0.25, 0.3) is 5.91 Å². The van der Waals surface area contributed by atoms with Gasteiger partial charge in [-0.2, -0.15) is 0 Å². The summed E-state index contributed by atoms with van der Waals surface area (Å²) in [5, 5.41) is 0. The van der Waals surface area contributed by atoms with Gasteiger partial charge in [-0.25, -0.2) is 0 Å². The molecule has 1 fully saturated rings. The van der Waals surface area contributed by atoms with Crippen LogP contribution in [0.5, 0.6) is 0 Å². The Morgan fingerprint density at radius 1 is 1.09 bits per heavy atom. The number of benzene rings is 1. The van der Waals surface area contributed by atoms with Gasteiger partial charge >= 0.3 is 0 Å². The van der Waals surface area contributed by atoms with Crippen LogP contribution in [0.4, 0.5) is 0 Å². The van der Waals surface area contributed by atoms with Crippen LogP contribution in [0.1, 0.15) is 26.9 Å². The number of likely N-dealkylation sites (N-methyl/N-ethyl adjacent to an activating group) is 2. The molecule has 0 aromatic heterocycles. The molecule has 4 nitrogen and oxygen atoms in total. The number of hydrogen-bond acceptors (Lipinski definition) is 4. The summed E-state index contributed by atoms with van der Waals surface area (Å²) >= 11 is 3.93. The van der Waals surface area contributed by atoms with Crippen LogP contribution in [0, 0.1) is 0 Å². The molecule has 0 N–H and O–H groups in total. The first-order chi connectivity index (χ1) is 10.5. The third kappa shape index (κ3) is 4.43. The Balaban J connectivity index is 1.99. The topological polar surface area (TPSA) is 40.6 Å². The van der Waals surface area contributed by atoms with Gasteiger partial charge in [0.1, 0.15) is 0 Å². The highest BCUT2D eigenvalue weighted by Crippen LogP contribution is 2.43. The third-order valence-corrected chi connectivity index (χ3v) is 6.49. The molecule has 0 saturated carbocycles. The monoisotopic (exact) mass is 338 g/mol. The number of hydrogen-bond donors (Lipinski definition) is 0. The largest absolute Gasteiger partial charge is 0.347 e. The van der Waals surface area contributed by atoms with Gasteiger partial charge in [-0.15, -0.1) is 23.5 Å². The van der Waals surface area contributed by atoms with Gasteiger partial charge in [0.2, 0.25) is 5.91 Å². The molecule has 1 aliphatic rings. The Morgan fingerprint density at radius 3 is 2.23 bits per heavy atom. The molecule has 1 saturated heterocycles. The van der Waals surface area contributed by atoms with Crippen LogP contribution in [0.3, 0.4) is 0 Å². The molecule has 2 rings (SSSR count). The first-order valence-electron chi connectivity index (χ1n) is 7.28. The maximum absolute atomic E-state index is 12.3. The van der Waals surface area contributed by atoms with Crippen LogP contribution in [-0.2, 0) is 4.79 Å². The molecule has 120 valence electrons. The smallest absolute Gasteiger partial charge is 0.254 e. The van der Waals surface area contributed by atoms with Crippen molar-refractivity contribution in [2.75, 3.05) is 39.2 Å². The lowest BCUT2D eigenvalue weighted by Crippen LogP contribution is -2.37. The molecule has 2 amide bonds. The molecule has 0 radical (unpaired) electrons. The molecule has 22 heavy (non-hydrogen) atoms. The number of amides is 2. The van der Waals surface area contributed by atoms with E-state index in [1.807, 2.05) is 47.8 Å². The van der Waals surface area contributed by atoms with E-state index >= 15 is 0 Å². The van der Waals surface area contributed by atoms with E-state index in [9.17, 15) is 9.59 Å². The quantitative estimate of drug-likeness (QED) is 0.846. The lowest BCUT2D eigenvalue weighted by molar-refractivity contribution is -0.129. The second-order valence-electron chi connectivity index (χ2n) is 5.50. The van der Waals surface area contributed by atoms with Gasteiger partial charge < -0.3 is 9.80 Å². The Kier molecular flexibility index (Phi) is 6.20. The minimum absolute atomic E-state index is 0.0810. The highest BCUT2D eigenvalue weighted by atomic mass is 32.2. The summed E-state index contributed by atoms with van der Waals surface area (Å²) in [7, 11) is 5.04. The molecule has 0 unspecified atom stereocenters. The molecule has 0 atom stereocenters. The number of nitrogens with zero attached hydrogens (tertiary/aromatic N) is 2. The predicted molar refractivity (Wildman–Crippen MR) is 94.4 cm³/mol. The van der Waals surface area contributed by atoms with Gasteiger partial charge in [-0.1, -0.05) is 12.1 Å². The van der Waals surface area contributed by atoms with Crippen LogP contribution in [-0.4, -0.2) is 60.8 Å². The van der Waals surface area contributed by atoms with Gasteiger partial charge in [-0.3, -0.25) is 9.59 Å². The molecule has 1 aliphatic heterocycles. The second kappa shape index (κ2) is 7.92. The van der Waals surface area contributed by atoms with E-state index < -0.39 is 0 Å². The highest BCUT2D eigenvalue weighted by molar-refractivity contribution is 8.16. The summed E-state index contributed by atoms with van der Waals surface area (Å²) in [6.45, 7) is 0.0991. The van der Waals surface area contributed by atoms with Crippen LogP contribution < -0.4 is 0 Å². The zero-order chi connectivity index (χ0) is 16.1. The van der Waals surface area contributed by atoms with Crippen LogP contribution in [0.15, 0.2) is 24.3 Å². The van der Waals surface area contributed by atoms with Crippen molar-refractivity contribution >= 4 is 35.3 Å². The van der Waals surface area contributed by atoms with Crippen LogP contribution in [0.25, 0.3) is 0 Å². The maximum atomic E-state index is 12.3. The summed E-state index contributed by atoms with van der Waals surface area (Å²) in [4.78, 5) is 27.0. The SMILES string of the molecule is CN(C)C(=O)CN(C)C(=O)c1ccc(C2SCCCS2)cc1. The number of carbonyl (C=O) groups excluding carboxylic acids is 2. The Labute approximate surface area is 140 Å². The van der Waals surface area contributed by atoms with Gasteiger partial charge in [0, 0.05) is 26.7 Å². The van der Waals surface area contributed by atoms with Gasteiger partial charge in [-0.05, 0) is 35.6 Å². The van der Waals surface area contributed by atoms with E-state index in [-0.39, 0.29) is 18.4 Å². The Bertz CT molecular complexity index is 525. The summed E-state index contributed by atoms with van der Waals surface area (Å²) in [6, 6.07) is 7.80. The first kappa shape index (κ1) is 17.2.